The fraction of sp³-hybridized carbons (Fsp3) is 0.238. The van der Waals surface area contributed by atoms with Crippen LogP contribution in [0.25, 0.3) is 10.9 Å². The van der Waals surface area contributed by atoms with Gasteiger partial charge in [-0.15, -0.1) is 0 Å². The van der Waals surface area contributed by atoms with Gasteiger partial charge in [-0.25, -0.2) is 4.98 Å². The summed E-state index contributed by atoms with van der Waals surface area (Å²) in [6.07, 6.45) is 0. The van der Waals surface area contributed by atoms with Crippen LogP contribution in [0.4, 0.5) is 5.69 Å². The number of rotatable bonds is 5. The molecule has 0 bridgehead atoms. The smallest absolute Gasteiger partial charge is 0.262 e. The molecule has 142 valence electrons. The summed E-state index contributed by atoms with van der Waals surface area (Å²) in [6, 6.07) is 16.0. The van der Waals surface area contributed by atoms with Crippen LogP contribution in [-0.2, 0) is 4.79 Å². The maximum atomic E-state index is 12.9. The van der Waals surface area contributed by atoms with E-state index in [4.69, 9.17) is 0 Å². The lowest BCUT2D eigenvalue weighted by atomic mass is 10.2. The van der Waals surface area contributed by atoms with Gasteiger partial charge in [0.1, 0.15) is 6.07 Å². The van der Waals surface area contributed by atoms with Gasteiger partial charge in [0.05, 0.1) is 27.4 Å². The molecule has 3 rings (SSSR count). The number of carbonyl (C=O) groups is 1. The van der Waals surface area contributed by atoms with E-state index in [9.17, 15) is 14.9 Å². The van der Waals surface area contributed by atoms with Crippen LogP contribution in [-0.4, -0.2) is 20.7 Å². The topological polar surface area (TPSA) is 87.8 Å². The van der Waals surface area contributed by atoms with Gasteiger partial charge in [-0.3, -0.25) is 14.2 Å². The van der Waals surface area contributed by atoms with E-state index >= 15 is 0 Å². The average molecular weight is 392 g/mol. The number of thioether (sulfide) groups is 1. The van der Waals surface area contributed by atoms with E-state index < -0.39 is 5.25 Å². The number of nitrogens with one attached hydrogen (secondary N) is 1. The molecule has 1 N–H and O–H groups in total. The number of anilines is 1. The molecule has 0 aliphatic rings. The highest BCUT2D eigenvalue weighted by Crippen LogP contribution is 2.26. The summed E-state index contributed by atoms with van der Waals surface area (Å²) in [5.74, 6) is -0.259. The largest absolute Gasteiger partial charge is 0.324 e. The Morgan fingerprint density at radius 2 is 1.82 bits per heavy atom. The van der Waals surface area contributed by atoms with E-state index in [-0.39, 0.29) is 17.5 Å². The first kappa shape index (κ1) is 19.6. The number of nitrogens with zero attached hydrogens (tertiary/aromatic N) is 3. The SMILES string of the molecule is CC(C)n1c(S[C@H](C)C(=O)Nc2ccccc2C#N)nc2ccccc2c1=O. The molecule has 0 aliphatic heterocycles. The Bertz CT molecular complexity index is 1130. The van der Waals surface area contributed by atoms with Gasteiger partial charge in [0, 0.05) is 6.04 Å². The average Bonchev–Trinajstić information content (AvgIpc) is 2.68. The molecule has 6 nitrogen and oxygen atoms in total. The summed E-state index contributed by atoms with van der Waals surface area (Å²) in [5.41, 5.74) is 1.35. The van der Waals surface area contributed by atoms with Crippen molar-refractivity contribution in [3.05, 3.63) is 64.4 Å². The zero-order valence-electron chi connectivity index (χ0n) is 15.8. The molecule has 0 fully saturated rings. The molecule has 28 heavy (non-hydrogen) atoms. The first-order valence-electron chi connectivity index (χ1n) is 8.90. The fourth-order valence-electron chi connectivity index (χ4n) is 2.80. The summed E-state index contributed by atoms with van der Waals surface area (Å²) in [4.78, 5) is 30.2. The van der Waals surface area contributed by atoms with Crippen LogP contribution in [0.3, 0.4) is 0 Å². The van der Waals surface area contributed by atoms with Crippen LogP contribution in [0.1, 0.15) is 32.4 Å². The second-order valence-corrected chi connectivity index (χ2v) is 7.90. The number of para-hydroxylation sites is 2. The zero-order valence-corrected chi connectivity index (χ0v) is 16.7. The molecule has 1 heterocycles. The fourth-order valence-corrected chi connectivity index (χ4v) is 3.84. The number of hydrogen-bond acceptors (Lipinski definition) is 5. The summed E-state index contributed by atoms with van der Waals surface area (Å²) < 4.78 is 1.61. The third-order valence-electron chi connectivity index (χ3n) is 4.25. The van der Waals surface area contributed by atoms with Crippen molar-refractivity contribution in [1.29, 1.82) is 5.26 Å². The van der Waals surface area contributed by atoms with Crippen LogP contribution in [0.5, 0.6) is 0 Å². The Hall–Kier alpha value is -3.11. The van der Waals surface area contributed by atoms with Crippen LogP contribution < -0.4 is 10.9 Å². The van der Waals surface area contributed by atoms with Gasteiger partial charge in [0.15, 0.2) is 5.16 Å². The number of benzene rings is 2. The van der Waals surface area contributed by atoms with Crippen LogP contribution in [0.15, 0.2) is 58.5 Å². The lowest BCUT2D eigenvalue weighted by Crippen LogP contribution is -2.28. The Labute approximate surface area is 167 Å². The number of carbonyl (C=O) groups excluding carboxylic acids is 1. The Morgan fingerprint density at radius 1 is 1.14 bits per heavy atom. The lowest BCUT2D eigenvalue weighted by molar-refractivity contribution is -0.115. The highest BCUT2D eigenvalue weighted by Gasteiger charge is 2.21. The Morgan fingerprint density at radius 3 is 2.54 bits per heavy atom. The van der Waals surface area contributed by atoms with Gasteiger partial charge < -0.3 is 5.32 Å². The van der Waals surface area contributed by atoms with Crippen molar-refractivity contribution in [3.63, 3.8) is 0 Å². The number of nitriles is 1. The van der Waals surface area contributed by atoms with Crippen LogP contribution in [0, 0.1) is 11.3 Å². The van der Waals surface area contributed by atoms with Gasteiger partial charge in [0.2, 0.25) is 5.91 Å². The number of amides is 1. The first-order valence-corrected chi connectivity index (χ1v) is 9.78. The van der Waals surface area contributed by atoms with Crippen molar-refractivity contribution in [1.82, 2.24) is 9.55 Å². The molecule has 0 radical (unpaired) electrons. The molecule has 2 aromatic carbocycles. The Kier molecular flexibility index (Phi) is 5.81. The van der Waals surface area contributed by atoms with Crippen LogP contribution >= 0.6 is 11.8 Å². The molecule has 0 saturated heterocycles. The van der Waals surface area contributed by atoms with E-state index in [1.54, 1.807) is 47.9 Å². The molecular weight excluding hydrogens is 372 g/mol. The molecule has 7 heteroatoms. The van der Waals surface area contributed by atoms with E-state index in [0.29, 0.717) is 27.3 Å². The quantitative estimate of drug-likeness (QED) is 0.524. The van der Waals surface area contributed by atoms with Crippen molar-refractivity contribution in [2.45, 2.75) is 37.2 Å². The van der Waals surface area contributed by atoms with E-state index in [1.165, 1.54) is 11.8 Å². The standard InChI is InChI=1S/C21H20N4O2S/c1-13(2)25-20(27)16-9-5-7-11-18(16)24-21(25)28-14(3)19(26)23-17-10-6-4-8-15(17)12-22/h4-11,13-14H,1-3H3,(H,23,26)/t14-/m1/s1. The number of fused-ring (bicyclic) bond motifs is 1. The third kappa shape index (κ3) is 3.92. The van der Waals surface area contributed by atoms with Gasteiger partial charge in [-0.1, -0.05) is 36.0 Å². The normalized spacial score (nSPS) is 12.0. The summed E-state index contributed by atoms with van der Waals surface area (Å²) in [5, 5.41) is 12.5. The van der Waals surface area contributed by atoms with Crippen molar-refractivity contribution in [3.8, 4) is 6.07 Å². The molecule has 1 amide bonds. The second-order valence-electron chi connectivity index (χ2n) is 6.59. The van der Waals surface area contributed by atoms with E-state index in [2.05, 4.69) is 16.4 Å². The van der Waals surface area contributed by atoms with Crippen molar-refractivity contribution >= 4 is 34.3 Å². The van der Waals surface area contributed by atoms with E-state index in [1.807, 2.05) is 26.0 Å². The molecule has 0 saturated carbocycles. The molecule has 3 aromatic rings. The highest BCUT2D eigenvalue weighted by atomic mass is 32.2. The third-order valence-corrected chi connectivity index (χ3v) is 5.32. The van der Waals surface area contributed by atoms with Crippen molar-refractivity contribution < 1.29 is 4.79 Å². The molecule has 1 aromatic heterocycles. The predicted octanol–water partition coefficient (Wildman–Crippen LogP) is 3.97. The molecule has 1 atom stereocenters. The second kappa shape index (κ2) is 8.28. The summed E-state index contributed by atoms with van der Waals surface area (Å²) in [6.45, 7) is 5.58. The highest BCUT2D eigenvalue weighted by molar-refractivity contribution is 8.00. The number of aromatic nitrogens is 2. The molecule has 0 spiro atoms. The predicted molar refractivity (Wildman–Crippen MR) is 111 cm³/mol. The maximum absolute atomic E-state index is 12.9. The van der Waals surface area contributed by atoms with E-state index in [0.717, 1.165) is 0 Å². The minimum absolute atomic E-state index is 0.0957. The van der Waals surface area contributed by atoms with Gasteiger partial charge in [-0.05, 0) is 45.0 Å². The lowest BCUT2D eigenvalue weighted by Gasteiger charge is -2.18. The monoisotopic (exact) mass is 392 g/mol. The van der Waals surface area contributed by atoms with Gasteiger partial charge >= 0.3 is 0 Å². The Balaban J connectivity index is 1.91. The number of hydrogen-bond donors (Lipinski definition) is 1. The molecular formula is C21H20N4O2S. The minimum atomic E-state index is -0.509. The zero-order chi connectivity index (χ0) is 20.3. The van der Waals surface area contributed by atoms with Gasteiger partial charge in [0.25, 0.3) is 5.56 Å². The summed E-state index contributed by atoms with van der Waals surface area (Å²) in [7, 11) is 0. The molecule has 0 unspecified atom stereocenters. The molecule has 0 aliphatic carbocycles. The van der Waals surface area contributed by atoms with Gasteiger partial charge in [-0.2, -0.15) is 5.26 Å². The minimum Gasteiger partial charge on any atom is -0.324 e. The summed E-state index contributed by atoms with van der Waals surface area (Å²) >= 11 is 1.23. The van der Waals surface area contributed by atoms with Crippen molar-refractivity contribution in [2.24, 2.45) is 0 Å². The maximum Gasteiger partial charge on any atom is 0.262 e. The first-order chi connectivity index (χ1) is 13.4. The van der Waals surface area contributed by atoms with Crippen LogP contribution in [0.2, 0.25) is 0 Å². The van der Waals surface area contributed by atoms with Crippen molar-refractivity contribution in [2.75, 3.05) is 5.32 Å².